The first-order valence-electron chi connectivity index (χ1n) is 6.57. The number of guanidine groups is 1. The highest BCUT2D eigenvalue weighted by molar-refractivity contribution is 5.98. The molecule has 1 aliphatic heterocycles. The van der Waals surface area contributed by atoms with Gasteiger partial charge in [-0.3, -0.25) is 4.99 Å². The van der Waals surface area contributed by atoms with Crippen molar-refractivity contribution < 1.29 is 4.39 Å². The van der Waals surface area contributed by atoms with E-state index in [2.05, 4.69) is 4.99 Å². The number of hydrogen-bond donors (Lipinski definition) is 1. The molecule has 0 spiro atoms. The smallest absolute Gasteiger partial charge is 0.196 e. The predicted octanol–water partition coefficient (Wildman–Crippen LogP) is 3.01. The van der Waals surface area contributed by atoms with E-state index in [9.17, 15) is 4.39 Å². The van der Waals surface area contributed by atoms with Gasteiger partial charge in [0.1, 0.15) is 5.82 Å². The maximum Gasteiger partial charge on any atom is 0.196 e. The number of nitrogens with zero attached hydrogens (tertiary/aromatic N) is 2. The molecule has 0 aromatic heterocycles. The molecule has 0 radical (unpaired) electrons. The van der Waals surface area contributed by atoms with Gasteiger partial charge in [-0.1, -0.05) is 30.3 Å². The highest BCUT2D eigenvalue weighted by Crippen LogP contribution is 2.33. The third kappa shape index (κ3) is 2.13. The molecular formula is C16H16FN3. The Hall–Kier alpha value is -2.36. The summed E-state index contributed by atoms with van der Waals surface area (Å²) in [5.41, 5.74) is 9.05. The fourth-order valence-electron chi connectivity index (χ4n) is 2.59. The third-order valence-electron chi connectivity index (χ3n) is 3.59. The normalized spacial score (nSPS) is 18.2. The van der Waals surface area contributed by atoms with E-state index in [1.165, 1.54) is 6.07 Å². The molecule has 4 heteroatoms. The Morgan fingerprint density at radius 3 is 2.75 bits per heavy atom. The van der Waals surface area contributed by atoms with Crippen molar-refractivity contribution in [1.29, 1.82) is 0 Å². The van der Waals surface area contributed by atoms with Gasteiger partial charge in [-0.05, 0) is 36.2 Å². The number of rotatable bonds is 2. The first kappa shape index (κ1) is 12.7. The topological polar surface area (TPSA) is 41.6 Å². The van der Waals surface area contributed by atoms with Crippen molar-refractivity contribution >= 4 is 11.6 Å². The predicted molar refractivity (Wildman–Crippen MR) is 79.3 cm³/mol. The Kier molecular flexibility index (Phi) is 3.14. The number of benzene rings is 2. The number of nitrogens with two attached hydrogens (primary N) is 1. The van der Waals surface area contributed by atoms with E-state index in [0.717, 1.165) is 16.8 Å². The van der Waals surface area contributed by atoms with E-state index in [-0.39, 0.29) is 11.9 Å². The summed E-state index contributed by atoms with van der Waals surface area (Å²) in [6, 6.07) is 14.6. The van der Waals surface area contributed by atoms with Gasteiger partial charge in [0.15, 0.2) is 5.96 Å². The van der Waals surface area contributed by atoms with Crippen molar-refractivity contribution in [2.45, 2.75) is 13.0 Å². The zero-order valence-electron chi connectivity index (χ0n) is 11.3. The van der Waals surface area contributed by atoms with E-state index in [0.29, 0.717) is 12.5 Å². The lowest BCUT2D eigenvalue weighted by molar-refractivity contribution is 0.621. The molecule has 1 heterocycles. The van der Waals surface area contributed by atoms with Crippen LogP contribution in [-0.2, 0) is 0 Å². The summed E-state index contributed by atoms with van der Waals surface area (Å²) >= 11 is 0. The maximum absolute atomic E-state index is 13.4. The number of hydrogen-bond acceptors (Lipinski definition) is 3. The molecule has 3 rings (SSSR count). The minimum absolute atomic E-state index is 0.0493. The number of aryl methyl sites for hydroxylation is 1. The van der Waals surface area contributed by atoms with Gasteiger partial charge in [0.05, 0.1) is 12.6 Å². The fraction of sp³-hybridized carbons (Fsp3) is 0.188. The standard InChI is InChI=1S/C16H16FN3/c1-11-5-2-3-8-14(11)20-15(10-19-16(20)18)12-6-4-7-13(17)9-12/h2-9,15H,10H2,1H3,(H2,18,19). The van der Waals surface area contributed by atoms with Crippen LogP contribution in [0.5, 0.6) is 0 Å². The second-order valence-corrected chi connectivity index (χ2v) is 4.93. The van der Waals surface area contributed by atoms with Crippen LogP contribution in [0.2, 0.25) is 0 Å². The van der Waals surface area contributed by atoms with Gasteiger partial charge in [-0.2, -0.15) is 0 Å². The summed E-state index contributed by atoms with van der Waals surface area (Å²) in [7, 11) is 0. The monoisotopic (exact) mass is 269 g/mol. The molecule has 1 aliphatic rings. The molecule has 20 heavy (non-hydrogen) atoms. The molecule has 0 fully saturated rings. The van der Waals surface area contributed by atoms with Crippen molar-refractivity contribution in [2.75, 3.05) is 11.4 Å². The molecule has 0 bridgehead atoms. The quantitative estimate of drug-likeness (QED) is 0.910. The molecular weight excluding hydrogens is 253 g/mol. The summed E-state index contributed by atoms with van der Waals surface area (Å²) in [6.07, 6.45) is 0. The van der Waals surface area contributed by atoms with Gasteiger partial charge in [0.25, 0.3) is 0 Å². The Labute approximate surface area is 117 Å². The molecule has 0 saturated carbocycles. The molecule has 1 atom stereocenters. The van der Waals surface area contributed by atoms with E-state index in [1.54, 1.807) is 12.1 Å². The van der Waals surface area contributed by atoms with Gasteiger partial charge >= 0.3 is 0 Å². The van der Waals surface area contributed by atoms with Crippen LogP contribution in [0.25, 0.3) is 0 Å². The van der Waals surface area contributed by atoms with Crippen LogP contribution in [0.1, 0.15) is 17.2 Å². The maximum atomic E-state index is 13.4. The molecule has 1 unspecified atom stereocenters. The van der Waals surface area contributed by atoms with Crippen molar-refractivity contribution in [1.82, 2.24) is 0 Å². The van der Waals surface area contributed by atoms with Crippen molar-refractivity contribution in [3.05, 3.63) is 65.5 Å². The van der Waals surface area contributed by atoms with Crippen LogP contribution in [-0.4, -0.2) is 12.5 Å². The number of halogens is 1. The minimum atomic E-state index is -0.238. The molecule has 102 valence electrons. The van der Waals surface area contributed by atoms with Gasteiger partial charge < -0.3 is 10.6 Å². The first-order valence-corrected chi connectivity index (χ1v) is 6.57. The second kappa shape index (κ2) is 4.96. The van der Waals surface area contributed by atoms with Crippen LogP contribution >= 0.6 is 0 Å². The van der Waals surface area contributed by atoms with Gasteiger partial charge in [-0.25, -0.2) is 4.39 Å². The zero-order valence-corrected chi connectivity index (χ0v) is 11.3. The number of aliphatic imine (C=N–C) groups is 1. The summed E-state index contributed by atoms with van der Waals surface area (Å²) in [5, 5.41) is 0. The molecule has 0 aliphatic carbocycles. The summed E-state index contributed by atoms with van der Waals surface area (Å²) in [4.78, 5) is 6.30. The third-order valence-corrected chi connectivity index (χ3v) is 3.59. The van der Waals surface area contributed by atoms with Crippen molar-refractivity contribution in [3.63, 3.8) is 0 Å². The zero-order chi connectivity index (χ0) is 14.1. The lowest BCUT2D eigenvalue weighted by atomic mass is 10.0. The van der Waals surface area contributed by atoms with E-state index in [1.807, 2.05) is 42.2 Å². The Morgan fingerprint density at radius 1 is 1.20 bits per heavy atom. The van der Waals surface area contributed by atoms with Crippen molar-refractivity contribution in [3.8, 4) is 0 Å². The van der Waals surface area contributed by atoms with Crippen LogP contribution < -0.4 is 10.6 Å². The number of para-hydroxylation sites is 1. The summed E-state index contributed by atoms with van der Waals surface area (Å²) in [5.74, 6) is 0.242. The van der Waals surface area contributed by atoms with Crippen LogP contribution in [0.15, 0.2) is 53.5 Å². The first-order chi connectivity index (χ1) is 9.66. The summed E-state index contributed by atoms with van der Waals surface area (Å²) < 4.78 is 13.4. The molecule has 2 aromatic rings. The Bertz CT molecular complexity index is 666. The van der Waals surface area contributed by atoms with E-state index < -0.39 is 0 Å². The summed E-state index contributed by atoms with van der Waals surface area (Å²) in [6.45, 7) is 2.58. The highest BCUT2D eigenvalue weighted by atomic mass is 19.1. The molecule has 0 saturated heterocycles. The second-order valence-electron chi connectivity index (χ2n) is 4.93. The average Bonchev–Trinajstić information content (AvgIpc) is 2.81. The average molecular weight is 269 g/mol. The van der Waals surface area contributed by atoms with Crippen LogP contribution in [0.4, 0.5) is 10.1 Å². The lowest BCUT2D eigenvalue weighted by Crippen LogP contribution is -2.36. The van der Waals surface area contributed by atoms with Crippen LogP contribution in [0, 0.1) is 12.7 Å². The Morgan fingerprint density at radius 2 is 2.00 bits per heavy atom. The molecule has 2 N–H and O–H groups in total. The highest BCUT2D eigenvalue weighted by Gasteiger charge is 2.29. The van der Waals surface area contributed by atoms with Gasteiger partial charge in [-0.15, -0.1) is 0 Å². The lowest BCUT2D eigenvalue weighted by Gasteiger charge is -2.28. The Balaban J connectivity index is 2.03. The largest absolute Gasteiger partial charge is 0.369 e. The molecule has 3 nitrogen and oxygen atoms in total. The fourth-order valence-corrected chi connectivity index (χ4v) is 2.59. The van der Waals surface area contributed by atoms with E-state index >= 15 is 0 Å². The van der Waals surface area contributed by atoms with Gasteiger partial charge in [0, 0.05) is 5.69 Å². The number of anilines is 1. The minimum Gasteiger partial charge on any atom is -0.369 e. The molecule has 0 amide bonds. The van der Waals surface area contributed by atoms with Crippen molar-refractivity contribution in [2.24, 2.45) is 10.7 Å². The van der Waals surface area contributed by atoms with Crippen LogP contribution in [0.3, 0.4) is 0 Å². The van der Waals surface area contributed by atoms with E-state index in [4.69, 9.17) is 5.73 Å². The molecule has 2 aromatic carbocycles. The SMILES string of the molecule is Cc1ccccc1N1C(N)=NCC1c1cccc(F)c1. The van der Waals surface area contributed by atoms with Gasteiger partial charge in [0.2, 0.25) is 0 Å².